The molecule has 1 saturated heterocycles. The van der Waals surface area contributed by atoms with Crippen molar-refractivity contribution in [2.24, 2.45) is 0 Å². The van der Waals surface area contributed by atoms with E-state index >= 15 is 0 Å². The van der Waals surface area contributed by atoms with Crippen molar-refractivity contribution in [3.8, 4) is 0 Å². The van der Waals surface area contributed by atoms with Crippen LogP contribution >= 0.6 is 11.3 Å². The average molecular weight is 282 g/mol. The molecule has 1 aliphatic carbocycles. The van der Waals surface area contributed by atoms with Crippen molar-refractivity contribution < 1.29 is 14.3 Å². The Hall–Kier alpha value is -0.980. The van der Waals surface area contributed by atoms with E-state index in [1.165, 1.54) is 11.3 Å². The van der Waals surface area contributed by atoms with Gasteiger partial charge in [-0.05, 0) is 19.8 Å². The molecule has 1 aromatic rings. The number of amides is 1. The maximum Gasteiger partial charge on any atom is 0.270 e. The lowest BCUT2D eigenvalue weighted by Gasteiger charge is -2.35. The van der Waals surface area contributed by atoms with Crippen molar-refractivity contribution >= 4 is 17.2 Å². The van der Waals surface area contributed by atoms with Crippen molar-refractivity contribution in [1.82, 2.24) is 10.3 Å². The summed E-state index contributed by atoms with van der Waals surface area (Å²) in [6, 6.07) is 0.202. The van der Waals surface area contributed by atoms with Crippen LogP contribution in [-0.2, 0) is 9.47 Å². The zero-order valence-corrected chi connectivity index (χ0v) is 11.8. The van der Waals surface area contributed by atoms with Crippen molar-refractivity contribution in [2.45, 2.75) is 44.4 Å². The molecule has 1 saturated carbocycles. The van der Waals surface area contributed by atoms with Gasteiger partial charge in [0.25, 0.3) is 5.91 Å². The number of aromatic nitrogens is 1. The number of rotatable bonds is 2. The maximum atomic E-state index is 12.0. The summed E-state index contributed by atoms with van der Waals surface area (Å²) in [7, 11) is 0. The molecule has 1 spiro atoms. The molecule has 19 heavy (non-hydrogen) atoms. The number of aryl methyl sites for hydroxylation is 1. The largest absolute Gasteiger partial charge is 0.348 e. The molecule has 3 rings (SSSR count). The Kier molecular flexibility index (Phi) is 3.56. The third-order valence-electron chi connectivity index (χ3n) is 3.75. The van der Waals surface area contributed by atoms with Gasteiger partial charge < -0.3 is 14.8 Å². The van der Waals surface area contributed by atoms with Gasteiger partial charge in [0.15, 0.2) is 5.79 Å². The summed E-state index contributed by atoms with van der Waals surface area (Å²) in [5, 5.41) is 5.77. The highest BCUT2D eigenvalue weighted by molar-refractivity contribution is 7.09. The first-order valence-electron chi connectivity index (χ1n) is 6.68. The van der Waals surface area contributed by atoms with E-state index in [1.807, 2.05) is 6.92 Å². The Morgan fingerprint density at radius 2 is 2.11 bits per heavy atom. The zero-order chi connectivity index (χ0) is 13.3. The van der Waals surface area contributed by atoms with Crippen LogP contribution in [0, 0.1) is 6.92 Å². The second-order valence-electron chi connectivity index (χ2n) is 5.11. The standard InChI is InChI=1S/C13H18N2O3S/c1-9-14-11(8-19-9)12(16)15-10-2-4-13(5-3-10)17-6-7-18-13/h8,10H,2-7H2,1H3,(H,15,16). The number of carbonyl (C=O) groups excluding carboxylic acids is 1. The Morgan fingerprint density at radius 1 is 1.42 bits per heavy atom. The van der Waals surface area contributed by atoms with E-state index in [0.717, 1.165) is 30.7 Å². The van der Waals surface area contributed by atoms with Gasteiger partial charge in [-0.1, -0.05) is 0 Å². The van der Waals surface area contributed by atoms with Gasteiger partial charge >= 0.3 is 0 Å². The number of nitrogens with one attached hydrogen (secondary N) is 1. The monoisotopic (exact) mass is 282 g/mol. The minimum atomic E-state index is -0.363. The predicted molar refractivity (Wildman–Crippen MR) is 71.2 cm³/mol. The first-order valence-corrected chi connectivity index (χ1v) is 7.56. The molecule has 1 aliphatic heterocycles. The highest BCUT2D eigenvalue weighted by Crippen LogP contribution is 2.35. The van der Waals surface area contributed by atoms with Crippen molar-refractivity contribution in [3.63, 3.8) is 0 Å². The number of nitrogens with zero attached hydrogens (tertiary/aromatic N) is 1. The molecule has 1 aromatic heterocycles. The number of hydrogen-bond acceptors (Lipinski definition) is 5. The van der Waals surface area contributed by atoms with Crippen LogP contribution in [0.1, 0.15) is 41.2 Å². The lowest BCUT2D eigenvalue weighted by molar-refractivity contribution is -0.179. The SMILES string of the molecule is Cc1nc(C(=O)NC2CCC3(CC2)OCCO3)cs1. The summed E-state index contributed by atoms with van der Waals surface area (Å²) in [4.78, 5) is 16.2. The number of hydrogen-bond donors (Lipinski definition) is 1. The Balaban J connectivity index is 1.53. The highest BCUT2D eigenvalue weighted by atomic mass is 32.1. The smallest absolute Gasteiger partial charge is 0.270 e. The normalized spacial score (nSPS) is 22.8. The molecule has 2 heterocycles. The Labute approximate surface area is 116 Å². The van der Waals surface area contributed by atoms with Crippen LogP contribution in [0.4, 0.5) is 0 Å². The van der Waals surface area contributed by atoms with Gasteiger partial charge in [0.2, 0.25) is 0 Å². The molecule has 0 aromatic carbocycles. The molecule has 0 bridgehead atoms. The molecule has 2 fully saturated rings. The maximum absolute atomic E-state index is 12.0. The molecule has 0 atom stereocenters. The fourth-order valence-corrected chi connectivity index (χ4v) is 3.31. The quantitative estimate of drug-likeness (QED) is 0.899. The first-order chi connectivity index (χ1) is 9.17. The van der Waals surface area contributed by atoms with E-state index in [1.54, 1.807) is 5.38 Å². The minimum absolute atomic E-state index is 0.0708. The van der Waals surface area contributed by atoms with Gasteiger partial charge in [0.05, 0.1) is 18.2 Å². The van der Waals surface area contributed by atoms with Crippen LogP contribution in [0.3, 0.4) is 0 Å². The van der Waals surface area contributed by atoms with Gasteiger partial charge in [-0.15, -0.1) is 11.3 Å². The van der Waals surface area contributed by atoms with Gasteiger partial charge in [-0.25, -0.2) is 4.98 Å². The van der Waals surface area contributed by atoms with Gasteiger partial charge in [-0.3, -0.25) is 4.79 Å². The van der Waals surface area contributed by atoms with E-state index in [4.69, 9.17) is 9.47 Å². The molecule has 6 heteroatoms. The van der Waals surface area contributed by atoms with E-state index in [2.05, 4.69) is 10.3 Å². The van der Waals surface area contributed by atoms with Gasteiger partial charge in [0.1, 0.15) is 5.69 Å². The first kappa shape index (κ1) is 13.0. The van der Waals surface area contributed by atoms with Crippen LogP contribution in [-0.4, -0.2) is 35.9 Å². The fraction of sp³-hybridized carbons (Fsp3) is 0.692. The molecule has 5 nitrogen and oxygen atoms in total. The number of carbonyl (C=O) groups is 1. The molecular weight excluding hydrogens is 264 g/mol. The third kappa shape index (κ3) is 2.80. The van der Waals surface area contributed by atoms with Crippen LogP contribution in [0.25, 0.3) is 0 Å². The van der Waals surface area contributed by atoms with Crippen LogP contribution in [0.2, 0.25) is 0 Å². The summed E-state index contributed by atoms with van der Waals surface area (Å²) in [5.74, 6) is -0.433. The summed E-state index contributed by atoms with van der Waals surface area (Å²) < 4.78 is 11.4. The third-order valence-corrected chi connectivity index (χ3v) is 4.52. The fourth-order valence-electron chi connectivity index (χ4n) is 2.71. The van der Waals surface area contributed by atoms with Crippen LogP contribution < -0.4 is 5.32 Å². The Bertz CT molecular complexity index is 458. The van der Waals surface area contributed by atoms with E-state index < -0.39 is 0 Å². The lowest BCUT2D eigenvalue weighted by Crippen LogP contribution is -2.44. The van der Waals surface area contributed by atoms with Gasteiger partial charge in [0, 0.05) is 24.3 Å². The zero-order valence-electron chi connectivity index (χ0n) is 11.0. The highest BCUT2D eigenvalue weighted by Gasteiger charge is 2.40. The van der Waals surface area contributed by atoms with Crippen molar-refractivity contribution in [3.05, 3.63) is 16.1 Å². The molecule has 1 amide bonds. The molecule has 104 valence electrons. The van der Waals surface area contributed by atoms with Gasteiger partial charge in [-0.2, -0.15) is 0 Å². The van der Waals surface area contributed by atoms with E-state index in [-0.39, 0.29) is 17.7 Å². The Morgan fingerprint density at radius 3 is 2.68 bits per heavy atom. The number of thiazole rings is 1. The minimum Gasteiger partial charge on any atom is -0.348 e. The topological polar surface area (TPSA) is 60.5 Å². The van der Waals surface area contributed by atoms with E-state index in [0.29, 0.717) is 18.9 Å². The van der Waals surface area contributed by atoms with Crippen LogP contribution in [0.5, 0.6) is 0 Å². The number of ether oxygens (including phenoxy) is 2. The molecule has 2 aliphatic rings. The van der Waals surface area contributed by atoms with Crippen molar-refractivity contribution in [1.29, 1.82) is 0 Å². The van der Waals surface area contributed by atoms with E-state index in [9.17, 15) is 4.79 Å². The molecule has 0 radical (unpaired) electrons. The average Bonchev–Trinajstić information content (AvgIpc) is 3.02. The summed E-state index contributed by atoms with van der Waals surface area (Å²) in [5.41, 5.74) is 0.524. The summed E-state index contributed by atoms with van der Waals surface area (Å²) in [6.45, 7) is 3.28. The second kappa shape index (κ2) is 5.19. The predicted octanol–water partition coefficient (Wildman–Crippen LogP) is 1.87. The van der Waals surface area contributed by atoms with Crippen LogP contribution in [0.15, 0.2) is 5.38 Å². The molecule has 1 N–H and O–H groups in total. The lowest BCUT2D eigenvalue weighted by atomic mass is 9.90. The molecular formula is C13H18N2O3S. The second-order valence-corrected chi connectivity index (χ2v) is 6.17. The van der Waals surface area contributed by atoms with Crippen molar-refractivity contribution in [2.75, 3.05) is 13.2 Å². The summed E-state index contributed by atoms with van der Waals surface area (Å²) >= 11 is 1.50. The molecule has 0 unspecified atom stereocenters. The summed E-state index contributed by atoms with van der Waals surface area (Å²) in [6.07, 6.45) is 3.51.